The highest BCUT2D eigenvalue weighted by Gasteiger charge is 2.52. The fourth-order valence-electron chi connectivity index (χ4n) is 3.90. The maximum Gasteiger partial charge on any atom is 0.170 e. The molecule has 2 atom stereocenters. The summed E-state index contributed by atoms with van der Waals surface area (Å²) < 4.78 is 13.4. The molecule has 0 saturated heterocycles. The first-order valence-corrected chi connectivity index (χ1v) is 8.91. The molecule has 0 aromatic heterocycles. The Bertz CT molecular complexity index is 1010. The Labute approximate surface area is 157 Å². The SMILES string of the molecule is CC1C(=O)C(c2ccc(F)cc2)=C(c2ccccc2)C1(O)c1ccccc1. The van der Waals surface area contributed by atoms with Gasteiger partial charge in [-0.05, 0) is 28.8 Å². The third-order valence-corrected chi connectivity index (χ3v) is 5.31. The molecule has 0 amide bonds. The molecule has 1 aliphatic rings. The summed E-state index contributed by atoms with van der Waals surface area (Å²) in [5.74, 6) is -1.17. The second-order valence-corrected chi connectivity index (χ2v) is 6.84. The number of carbonyl (C=O) groups excluding carboxylic acids is 1. The lowest BCUT2D eigenvalue weighted by Gasteiger charge is -2.31. The van der Waals surface area contributed by atoms with Crippen LogP contribution in [-0.2, 0) is 10.4 Å². The van der Waals surface area contributed by atoms with Gasteiger partial charge in [0, 0.05) is 11.1 Å². The normalized spacial score (nSPS) is 22.3. The minimum atomic E-state index is -1.45. The minimum Gasteiger partial charge on any atom is -0.380 e. The van der Waals surface area contributed by atoms with Gasteiger partial charge in [-0.1, -0.05) is 79.7 Å². The Kier molecular flexibility index (Phi) is 4.25. The summed E-state index contributed by atoms with van der Waals surface area (Å²) in [5.41, 5.74) is 1.61. The van der Waals surface area contributed by atoms with E-state index in [9.17, 15) is 14.3 Å². The third kappa shape index (κ3) is 2.71. The largest absolute Gasteiger partial charge is 0.380 e. The Morgan fingerprint density at radius 3 is 1.96 bits per heavy atom. The molecule has 3 aromatic carbocycles. The predicted octanol–water partition coefficient (Wildman–Crippen LogP) is 4.84. The van der Waals surface area contributed by atoms with E-state index in [4.69, 9.17) is 0 Å². The topological polar surface area (TPSA) is 37.3 Å². The molecule has 2 unspecified atom stereocenters. The number of Topliss-reactive ketones (excluding diaryl/α,β-unsaturated/α-hetero) is 1. The van der Waals surface area contributed by atoms with E-state index in [-0.39, 0.29) is 11.6 Å². The van der Waals surface area contributed by atoms with Crippen LogP contribution in [-0.4, -0.2) is 10.9 Å². The van der Waals surface area contributed by atoms with E-state index < -0.39 is 11.5 Å². The van der Waals surface area contributed by atoms with Crippen LogP contribution >= 0.6 is 0 Å². The molecule has 3 heteroatoms. The van der Waals surface area contributed by atoms with Crippen molar-refractivity contribution >= 4 is 16.9 Å². The smallest absolute Gasteiger partial charge is 0.170 e. The zero-order chi connectivity index (χ0) is 19.0. The molecule has 134 valence electrons. The summed E-state index contributed by atoms with van der Waals surface area (Å²) in [6, 6.07) is 24.5. The number of allylic oxidation sites excluding steroid dienone is 1. The van der Waals surface area contributed by atoms with Crippen LogP contribution in [0.5, 0.6) is 0 Å². The van der Waals surface area contributed by atoms with Crippen molar-refractivity contribution in [1.29, 1.82) is 0 Å². The summed E-state index contributed by atoms with van der Waals surface area (Å²) in [5, 5.41) is 11.8. The van der Waals surface area contributed by atoms with Gasteiger partial charge >= 0.3 is 0 Å². The van der Waals surface area contributed by atoms with E-state index in [0.29, 0.717) is 22.3 Å². The summed E-state index contributed by atoms with van der Waals surface area (Å²) in [7, 11) is 0. The van der Waals surface area contributed by atoms with Crippen LogP contribution in [0.15, 0.2) is 84.9 Å². The summed E-state index contributed by atoms with van der Waals surface area (Å²) in [6.45, 7) is 1.74. The van der Waals surface area contributed by atoms with Gasteiger partial charge < -0.3 is 5.11 Å². The van der Waals surface area contributed by atoms with Crippen molar-refractivity contribution in [3.63, 3.8) is 0 Å². The number of aliphatic hydroxyl groups is 1. The zero-order valence-electron chi connectivity index (χ0n) is 14.9. The van der Waals surface area contributed by atoms with Crippen molar-refractivity contribution < 1.29 is 14.3 Å². The van der Waals surface area contributed by atoms with Crippen LogP contribution in [0.3, 0.4) is 0 Å². The molecule has 0 spiro atoms. The molecular weight excluding hydrogens is 339 g/mol. The molecule has 0 aliphatic heterocycles. The summed E-state index contributed by atoms with van der Waals surface area (Å²) in [4.78, 5) is 13.3. The lowest BCUT2D eigenvalue weighted by molar-refractivity contribution is -0.121. The van der Waals surface area contributed by atoms with Gasteiger partial charge in [-0.15, -0.1) is 0 Å². The molecule has 1 N–H and O–H groups in total. The van der Waals surface area contributed by atoms with E-state index in [2.05, 4.69) is 0 Å². The van der Waals surface area contributed by atoms with Crippen LogP contribution in [0.4, 0.5) is 4.39 Å². The summed E-state index contributed by atoms with van der Waals surface area (Å²) >= 11 is 0. The Morgan fingerprint density at radius 2 is 1.37 bits per heavy atom. The van der Waals surface area contributed by atoms with Gasteiger partial charge in [-0.25, -0.2) is 4.39 Å². The first kappa shape index (κ1) is 17.4. The van der Waals surface area contributed by atoms with Crippen molar-refractivity contribution in [2.24, 2.45) is 5.92 Å². The average Bonchev–Trinajstić information content (AvgIpc) is 2.92. The van der Waals surface area contributed by atoms with Crippen molar-refractivity contribution in [3.8, 4) is 0 Å². The van der Waals surface area contributed by atoms with Crippen LogP contribution in [0.25, 0.3) is 11.1 Å². The standard InChI is InChI=1S/C24H19FO2/c1-16-23(26)21(17-12-14-20(25)15-13-17)22(18-8-4-2-5-9-18)24(16,27)19-10-6-3-7-11-19/h2-16,27H,1H3. The molecule has 0 heterocycles. The monoisotopic (exact) mass is 358 g/mol. The maximum atomic E-state index is 13.4. The van der Waals surface area contributed by atoms with E-state index >= 15 is 0 Å². The first-order chi connectivity index (χ1) is 13.0. The molecule has 0 saturated carbocycles. The van der Waals surface area contributed by atoms with Crippen molar-refractivity contribution in [3.05, 3.63) is 107 Å². The van der Waals surface area contributed by atoms with Crippen LogP contribution in [0, 0.1) is 11.7 Å². The third-order valence-electron chi connectivity index (χ3n) is 5.31. The van der Waals surface area contributed by atoms with Gasteiger partial charge in [0.2, 0.25) is 0 Å². The molecule has 1 aliphatic carbocycles. The molecule has 4 rings (SSSR count). The predicted molar refractivity (Wildman–Crippen MR) is 104 cm³/mol. The zero-order valence-corrected chi connectivity index (χ0v) is 14.9. The van der Waals surface area contributed by atoms with E-state index in [1.807, 2.05) is 60.7 Å². The average molecular weight is 358 g/mol. The van der Waals surface area contributed by atoms with E-state index in [1.165, 1.54) is 12.1 Å². The van der Waals surface area contributed by atoms with Gasteiger partial charge in [0.05, 0.1) is 5.92 Å². The lowest BCUT2D eigenvalue weighted by atomic mass is 9.78. The number of ketones is 1. The highest BCUT2D eigenvalue weighted by molar-refractivity contribution is 6.33. The first-order valence-electron chi connectivity index (χ1n) is 8.91. The lowest BCUT2D eigenvalue weighted by Crippen LogP contribution is -2.33. The van der Waals surface area contributed by atoms with Crippen molar-refractivity contribution in [2.75, 3.05) is 0 Å². The number of hydrogen-bond donors (Lipinski definition) is 1. The maximum absolute atomic E-state index is 13.4. The van der Waals surface area contributed by atoms with Crippen LogP contribution < -0.4 is 0 Å². The second-order valence-electron chi connectivity index (χ2n) is 6.84. The molecule has 0 fully saturated rings. The van der Waals surface area contributed by atoms with Gasteiger partial charge in [0.25, 0.3) is 0 Å². The van der Waals surface area contributed by atoms with Crippen LogP contribution in [0.2, 0.25) is 0 Å². The van der Waals surface area contributed by atoms with Crippen LogP contribution in [0.1, 0.15) is 23.6 Å². The number of hydrogen-bond acceptors (Lipinski definition) is 2. The Hall–Kier alpha value is -3.04. The van der Waals surface area contributed by atoms with E-state index in [0.717, 1.165) is 5.56 Å². The fraction of sp³-hybridized carbons (Fsp3) is 0.125. The number of halogens is 1. The fourth-order valence-corrected chi connectivity index (χ4v) is 3.90. The van der Waals surface area contributed by atoms with E-state index in [1.54, 1.807) is 19.1 Å². The second kappa shape index (κ2) is 6.60. The molecule has 0 radical (unpaired) electrons. The number of rotatable bonds is 3. The quantitative estimate of drug-likeness (QED) is 0.727. The minimum absolute atomic E-state index is 0.146. The van der Waals surface area contributed by atoms with Crippen molar-refractivity contribution in [2.45, 2.75) is 12.5 Å². The molecule has 2 nitrogen and oxygen atoms in total. The molecule has 27 heavy (non-hydrogen) atoms. The Balaban J connectivity index is 2.05. The van der Waals surface area contributed by atoms with Gasteiger partial charge in [0.1, 0.15) is 11.4 Å². The van der Waals surface area contributed by atoms with Crippen molar-refractivity contribution in [1.82, 2.24) is 0 Å². The molecule has 3 aromatic rings. The highest BCUT2D eigenvalue weighted by Crippen LogP contribution is 2.52. The highest BCUT2D eigenvalue weighted by atomic mass is 19.1. The molecule has 0 bridgehead atoms. The van der Waals surface area contributed by atoms with Gasteiger partial charge in [-0.3, -0.25) is 4.79 Å². The number of carbonyl (C=O) groups is 1. The van der Waals surface area contributed by atoms with Gasteiger partial charge in [0.15, 0.2) is 5.78 Å². The van der Waals surface area contributed by atoms with Gasteiger partial charge in [-0.2, -0.15) is 0 Å². The Morgan fingerprint density at radius 1 is 0.815 bits per heavy atom. The molecular formula is C24H19FO2. The number of benzene rings is 3. The summed E-state index contributed by atoms with van der Waals surface area (Å²) in [6.07, 6.45) is 0.